The molecule has 1 spiro atoms. The number of carbonyl (C=O) groups is 2. The number of carbonyl (C=O) groups excluding carboxylic acids is 2. The molecule has 2 aliphatic rings. The topological polar surface area (TPSA) is 74.6 Å². The zero-order chi connectivity index (χ0) is 15.9. The zero-order valence-electron chi connectivity index (χ0n) is 12.5. The summed E-state index contributed by atoms with van der Waals surface area (Å²) in [5, 5.41) is 13.7. The number of aryl methyl sites for hydroxylation is 1. The van der Waals surface area contributed by atoms with Crippen LogP contribution in [0.2, 0.25) is 5.02 Å². The number of aliphatic hydroxyl groups excluding tert-OH is 1. The van der Waals surface area contributed by atoms with Gasteiger partial charge >= 0.3 is 0 Å². The predicted octanol–water partition coefficient (Wildman–Crippen LogP) is 0.782. The lowest BCUT2D eigenvalue weighted by atomic mass is 9.71. The Morgan fingerprint density at radius 3 is 2.95 bits per heavy atom. The maximum Gasteiger partial charge on any atom is 0.270 e. The standard InChI is InChI=1S/C15H20ClN3O3/c1-18-8-10(16)7-11(18)13(21)19-6-3-12(20)15(9-19)4-2-5-17-14(15)22/h7-8,12,20H,2-6,9H2,1H3,(H,17,22)/t12-,15-/m1/s1. The molecule has 1 aromatic rings. The second-order valence-corrected chi connectivity index (χ2v) is 6.64. The molecule has 3 rings (SSSR count). The van der Waals surface area contributed by atoms with Gasteiger partial charge in [-0.3, -0.25) is 9.59 Å². The van der Waals surface area contributed by atoms with Crippen molar-refractivity contribution in [2.24, 2.45) is 12.5 Å². The number of rotatable bonds is 1. The third kappa shape index (κ3) is 2.40. The quantitative estimate of drug-likeness (QED) is 0.801. The third-order valence-corrected chi connectivity index (χ3v) is 5.01. The first-order valence-corrected chi connectivity index (χ1v) is 7.89. The van der Waals surface area contributed by atoms with E-state index in [1.165, 1.54) is 0 Å². The van der Waals surface area contributed by atoms with Crippen LogP contribution in [0.3, 0.4) is 0 Å². The lowest BCUT2D eigenvalue weighted by molar-refractivity contribution is -0.147. The Hall–Kier alpha value is -1.53. The van der Waals surface area contributed by atoms with E-state index in [1.54, 1.807) is 28.8 Å². The Morgan fingerprint density at radius 2 is 2.32 bits per heavy atom. The highest BCUT2D eigenvalue weighted by Crippen LogP contribution is 2.37. The van der Waals surface area contributed by atoms with Gasteiger partial charge in [0, 0.05) is 32.9 Å². The number of aromatic nitrogens is 1. The summed E-state index contributed by atoms with van der Waals surface area (Å²) in [7, 11) is 1.76. The van der Waals surface area contributed by atoms with Gasteiger partial charge in [0.15, 0.2) is 0 Å². The number of amides is 2. The van der Waals surface area contributed by atoms with Gasteiger partial charge in [0.2, 0.25) is 5.91 Å². The van der Waals surface area contributed by atoms with E-state index in [-0.39, 0.29) is 18.4 Å². The average Bonchev–Trinajstić information content (AvgIpc) is 2.83. The number of likely N-dealkylation sites (tertiary alicyclic amines) is 1. The lowest BCUT2D eigenvalue weighted by Crippen LogP contribution is -2.62. The van der Waals surface area contributed by atoms with E-state index in [0.29, 0.717) is 36.6 Å². The molecule has 0 saturated carbocycles. The Kier molecular flexibility index (Phi) is 3.91. The van der Waals surface area contributed by atoms with Crippen LogP contribution in [0.15, 0.2) is 12.3 Å². The van der Waals surface area contributed by atoms with Gasteiger partial charge in [-0.15, -0.1) is 0 Å². The molecule has 0 aliphatic carbocycles. The smallest absolute Gasteiger partial charge is 0.270 e. The highest BCUT2D eigenvalue weighted by Gasteiger charge is 2.50. The van der Waals surface area contributed by atoms with Crippen LogP contribution in [0.5, 0.6) is 0 Å². The molecule has 2 amide bonds. The SMILES string of the molecule is Cn1cc(Cl)cc1C(=O)N1CC[C@@H](O)[C@@]2(CCCNC2=O)C1. The van der Waals surface area contributed by atoms with Crippen molar-refractivity contribution in [2.45, 2.75) is 25.4 Å². The zero-order valence-corrected chi connectivity index (χ0v) is 13.3. The van der Waals surface area contributed by atoms with Crippen molar-refractivity contribution in [3.63, 3.8) is 0 Å². The predicted molar refractivity (Wildman–Crippen MR) is 81.6 cm³/mol. The first-order chi connectivity index (χ1) is 10.4. The van der Waals surface area contributed by atoms with Crippen molar-refractivity contribution in [3.05, 3.63) is 23.0 Å². The molecule has 22 heavy (non-hydrogen) atoms. The summed E-state index contributed by atoms with van der Waals surface area (Å²) in [6, 6.07) is 1.63. The Morgan fingerprint density at radius 1 is 1.55 bits per heavy atom. The molecular weight excluding hydrogens is 306 g/mol. The van der Waals surface area contributed by atoms with Gasteiger partial charge in [0.25, 0.3) is 5.91 Å². The maximum absolute atomic E-state index is 12.7. The summed E-state index contributed by atoms with van der Waals surface area (Å²) in [5.41, 5.74) is -0.381. The summed E-state index contributed by atoms with van der Waals surface area (Å²) >= 11 is 5.94. The van der Waals surface area contributed by atoms with Gasteiger partial charge in [0.05, 0.1) is 16.5 Å². The summed E-state index contributed by atoms with van der Waals surface area (Å²) < 4.78 is 1.68. The van der Waals surface area contributed by atoms with E-state index in [9.17, 15) is 14.7 Å². The fourth-order valence-electron chi connectivity index (χ4n) is 3.52. The number of piperidine rings is 2. The van der Waals surface area contributed by atoms with Crippen molar-refractivity contribution >= 4 is 23.4 Å². The molecule has 2 atom stereocenters. The fraction of sp³-hybridized carbons (Fsp3) is 0.600. The molecule has 2 N–H and O–H groups in total. The highest BCUT2D eigenvalue weighted by atomic mass is 35.5. The van der Waals surface area contributed by atoms with Crippen LogP contribution in [0.1, 0.15) is 29.8 Å². The number of hydrogen-bond acceptors (Lipinski definition) is 3. The first kappa shape index (κ1) is 15.4. The van der Waals surface area contributed by atoms with Crippen LogP contribution in [0.25, 0.3) is 0 Å². The monoisotopic (exact) mass is 325 g/mol. The minimum atomic E-state index is -0.874. The van der Waals surface area contributed by atoms with Crippen molar-refractivity contribution in [3.8, 4) is 0 Å². The maximum atomic E-state index is 12.7. The van der Waals surface area contributed by atoms with Crippen LogP contribution < -0.4 is 5.32 Å². The minimum Gasteiger partial charge on any atom is -0.392 e. The van der Waals surface area contributed by atoms with E-state index in [4.69, 9.17) is 11.6 Å². The van der Waals surface area contributed by atoms with Crippen molar-refractivity contribution < 1.29 is 14.7 Å². The van der Waals surface area contributed by atoms with Crippen molar-refractivity contribution in [1.29, 1.82) is 0 Å². The second-order valence-electron chi connectivity index (χ2n) is 6.20. The normalized spacial score (nSPS) is 28.8. The van der Waals surface area contributed by atoms with Crippen LogP contribution >= 0.6 is 11.6 Å². The molecule has 0 aromatic carbocycles. The van der Waals surface area contributed by atoms with Crippen LogP contribution in [-0.4, -0.2) is 52.1 Å². The number of hydrogen-bond donors (Lipinski definition) is 2. The van der Waals surface area contributed by atoms with Crippen molar-refractivity contribution in [1.82, 2.24) is 14.8 Å². The highest BCUT2D eigenvalue weighted by molar-refractivity contribution is 6.31. The van der Waals surface area contributed by atoms with Gasteiger partial charge < -0.3 is 19.9 Å². The fourth-order valence-corrected chi connectivity index (χ4v) is 3.77. The molecule has 3 heterocycles. The molecule has 0 unspecified atom stereocenters. The Bertz CT molecular complexity index is 615. The molecule has 0 bridgehead atoms. The molecule has 7 heteroatoms. The number of halogens is 1. The molecule has 2 saturated heterocycles. The summed E-state index contributed by atoms with van der Waals surface area (Å²) in [6.07, 6.45) is 2.82. The van der Waals surface area contributed by atoms with Crippen LogP contribution in [0, 0.1) is 5.41 Å². The van der Waals surface area contributed by atoms with Gasteiger partial charge in [0.1, 0.15) is 5.69 Å². The van der Waals surface area contributed by atoms with Crippen LogP contribution in [0.4, 0.5) is 0 Å². The largest absolute Gasteiger partial charge is 0.392 e. The van der Waals surface area contributed by atoms with E-state index in [1.807, 2.05) is 0 Å². The Labute approximate surface area is 134 Å². The molecule has 1 aromatic heterocycles. The minimum absolute atomic E-state index is 0.145. The lowest BCUT2D eigenvalue weighted by Gasteiger charge is -2.46. The summed E-state index contributed by atoms with van der Waals surface area (Å²) in [5.74, 6) is -0.298. The molecule has 2 aliphatic heterocycles. The van der Waals surface area contributed by atoms with Crippen molar-refractivity contribution in [2.75, 3.05) is 19.6 Å². The van der Waals surface area contributed by atoms with Gasteiger partial charge in [-0.05, 0) is 25.3 Å². The van der Waals surface area contributed by atoms with Gasteiger partial charge in [-0.25, -0.2) is 0 Å². The van der Waals surface area contributed by atoms with E-state index < -0.39 is 11.5 Å². The second kappa shape index (κ2) is 5.59. The number of nitrogens with zero attached hydrogens (tertiary/aromatic N) is 2. The van der Waals surface area contributed by atoms with Crippen LogP contribution in [-0.2, 0) is 11.8 Å². The third-order valence-electron chi connectivity index (χ3n) is 4.80. The Balaban J connectivity index is 1.85. The van der Waals surface area contributed by atoms with E-state index in [2.05, 4.69) is 5.32 Å². The molecular formula is C15H20ClN3O3. The molecule has 120 valence electrons. The molecule has 0 radical (unpaired) electrons. The van der Waals surface area contributed by atoms with Gasteiger partial charge in [-0.1, -0.05) is 11.6 Å². The average molecular weight is 326 g/mol. The summed E-state index contributed by atoms with van der Waals surface area (Å²) in [4.78, 5) is 26.7. The summed E-state index contributed by atoms with van der Waals surface area (Å²) in [6.45, 7) is 1.33. The van der Waals surface area contributed by atoms with E-state index in [0.717, 1.165) is 6.42 Å². The molecule has 2 fully saturated rings. The van der Waals surface area contributed by atoms with E-state index >= 15 is 0 Å². The number of nitrogens with one attached hydrogen (secondary N) is 1. The van der Waals surface area contributed by atoms with Gasteiger partial charge in [-0.2, -0.15) is 0 Å². The number of aliphatic hydroxyl groups is 1. The first-order valence-electron chi connectivity index (χ1n) is 7.51. The molecule has 6 nitrogen and oxygen atoms in total.